The van der Waals surface area contributed by atoms with Crippen molar-refractivity contribution in [2.75, 3.05) is 13.2 Å². The Bertz CT molecular complexity index is 864. The maximum absolute atomic E-state index is 12.1. The summed E-state index contributed by atoms with van der Waals surface area (Å²) in [6, 6.07) is 0. The maximum Gasteiger partial charge on any atom is 0.306 e. The van der Waals surface area contributed by atoms with Crippen molar-refractivity contribution in [3.63, 3.8) is 0 Å². The molecule has 0 radical (unpaired) electrons. The van der Waals surface area contributed by atoms with Crippen LogP contribution in [0.4, 0.5) is 0 Å². The van der Waals surface area contributed by atoms with Gasteiger partial charge in [-0.1, -0.05) is 132 Å². The molecule has 46 heavy (non-hydrogen) atoms. The zero-order valence-electron chi connectivity index (χ0n) is 29.6. The van der Waals surface area contributed by atoms with E-state index in [1.165, 1.54) is 70.6 Å². The second-order valence-corrected chi connectivity index (χ2v) is 11.9. The highest BCUT2D eigenvalue weighted by Crippen LogP contribution is 2.09. The molecule has 0 aliphatic carbocycles. The first-order chi connectivity index (χ1) is 22.6. The molecule has 0 aromatic heterocycles. The fourth-order valence-electron chi connectivity index (χ4n) is 4.63. The average molecular weight is 641 g/mol. The Balaban J connectivity index is 3.75. The summed E-state index contributed by atoms with van der Waals surface area (Å²) >= 11 is 0. The summed E-state index contributed by atoms with van der Waals surface area (Å²) in [5.41, 5.74) is 0. The van der Waals surface area contributed by atoms with Crippen molar-refractivity contribution < 1.29 is 24.2 Å². The first-order valence-corrected chi connectivity index (χ1v) is 18.5. The van der Waals surface area contributed by atoms with Crippen LogP contribution >= 0.6 is 0 Å². The third-order valence-electron chi connectivity index (χ3n) is 7.47. The predicted molar refractivity (Wildman–Crippen MR) is 196 cm³/mol. The first kappa shape index (κ1) is 43.3. The molecule has 0 spiro atoms. The first-order valence-electron chi connectivity index (χ1n) is 18.5. The molecule has 0 aliphatic heterocycles. The van der Waals surface area contributed by atoms with Crippen LogP contribution in [0.3, 0.4) is 0 Å². The number of carbonyl (C=O) groups is 2. The lowest BCUT2D eigenvalue weighted by Gasteiger charge is -2.15. The van der Waals surface area contributed by atoms with Gasteiger partial charge in [-0.05, 0) is 83.5 Å². The summed E-state index contributed by atoms with van der Waals surface area (Å²) in [6.07, 6.45) is 48.2. The van der Waals surface area contributed by atoms with Crippen LogP contribution in [0.1, 0.15) is 155 Å². The summed E-state index contributed by atoms with van der Waals surface area (Å²) in [7, 11) is 0. The Morgan fingerprint density at radius 1 is 0.500 bits per heavy atom. The van der Waals surface area contributed by atoms with Crippen molar-refractivity contribution in [1.82, 2.24) is 0 Å². The van der Waals surface area contributed by atoms with Crippen molar-refractivity contribution in [3.05, 3.63) is 72.9 Å². The van der Waals surface area contributed by atoms with Crippen molar-refractivity contribution in [3.8, 4) is 0 Å². The summed E-state index contributed by atoms with van der Waals surface area (Å²) in [5, 5.41) is 9.52. The van der Waals surface area contributed by atoms with Crippen LogP contribution in [-0.4, -0.2) is 36.4 Å². The van der Waals surface area contributed by atoms with Gasteiger partial charge in [0.05, 0.1) is 6.61 Å². The zero-order chi connectivity index (χ0) is 33.6. The molecule has 0 aliphatic rings. The lowest BCUT2D eigenvalue weighted by molar-refractivity contribution is -0.161. The fourth-order valence-corrected chi connectivity index (χ4v) is 4.63. The summed E-state index contributed by atoms with van der Waals surface area (Å²) < 4.78 is 10.5. The minimum Gasteiger partial charge on any atom is -0.462 e. The fraction of sp³-hybridized carbons (Fsp3) is 0.659. The molecule has 0 amide bonds. The standard InChI is InChI=1S/C41H68O5/c1-3-5-7-9-11-13-15-17-19-20-22-23-25-27-29-31-33-35-40(43)45-38-39(37-42)46-41(44)36-34-32-30-28-26-24-21-18-16-14-12-10-8-6-4-2/h12,14,17-19,21-23,26-29,39,42H,3-11,13,15-16,20,24-25,30-38H2,1-2H3. The maximum atomic E-state index is 12.1. The van der Waals surface area contributed by atoms with Gasteiger partial charge in [-0.25, -0.2) is 0 Å². The summed E-state index contributed by atoms with van der Waals surface area (Å²) in [6.45, 7) is 4.00. The van der Waals surface area contributed by atoms with Gasteiger partial charge in [0.1, 0.15) is 6.61 Å². The molecule has 1 atom stereocenters. The van der Waals surface area contributed by atoms with E-state index in [1.807, 2.05) is 0 Å². The number of carbonyl (C=O) groups excluding carboxylic acids is 2. The van der Waals surface area contributed by atoms with Crippen LogP contribution in [0.2, 0.25) is 0 Å². The predicted octanol–water partition coefficient (Wildman–Crippen LogP) is 11.4. The Hall–Kier alpha value is -2.66. The third-order valence-corrected chi connectivity index (χ3v) is 7.47. The van der Waals surface area contributed by atoms with Gasteiger partial charge in [-0.15, -0.1) is 0 Å². The minimum absolute atomic E-state index is 0.111. The van der Waals surface area contributed by atoms with E-state index < -0.39 is 6.10 Å². The summed E-state index contributed by atoms with van der Waals surface area (Å²) in [5.74, 6) is -0.704. The van der Waals surface area contributed by atoms with Crippen molar-refractivity contribution >= 4 is 11.9 Å². The Labute approximate surface area is 283 Å². The van der Waals surface area contributed by atoms with Crippen molar-refractivity contribution in [1.29, 1.82) is 0 Å². The molecule has 0 saturated carbocycles. The highest BCUT2D eigenvalue weighted by molar-refractivity contribution is 5.70. The van der Waals surface area contributed by atoms with E-state index in [9.17, 15) is 14.7 Å². The molecular formula is C41H68O5. The second-order valence-electron chi connectivity index (χ2n) is 11.9. The molecule has 0 saturated heterocycles. The molecule has 0 aromatic rings. The number of unbranched alkanes of at least 4 members (excludes halogenated alkanes) is 12. The zero-order valence-corrected chi connectivity index (χ0v) is 29.6. The second kappa shape index (κ2) is 36.8. The number of aliphatic hydroxyl groups excluding tert-OH is 1. The van der Waals surface area contributed by atoms with E-state index in [-0.39, 0.29) is 25.2 Å². The lowest BCUT2D eigenvalue weighted by atomic mass is 10.1. The average Bonchev–Trinajstić information content (AvgIpc) is 3.06. The molecule has 262 valence electrons. The van der Waals surface area contributed by atoms with Crippen LogP contribution in [0, 0.1) is 0 Å². The molecule has 0 aromatic carbocycles. The highest BCUT2D eigenvalue weighted by atomic mass is 16.6. The molecule has 5 heteroatoms. The molecule has 1 N–H and O–H groups in total. The van der Waals surface area contributed by atoms with Crippen molar-refractivity contribution in [2.24, 2.45) is 0 Å². The van der Waals surface area contributed by atoms with Crippen LogP contribution in [0.25, 0.3) is 0 Å². The molecule has 1 unspecified atom stereocenters. The number of ether oxygens (including phenoxy) is 2. The highest BCUT2D eigenvalue weighted by Gasteiger charge is 2.15. The van der Waals surface area contributed by atoms with E-state index >= 15 is 0 Å². The van der Waals surface area contributed by atoms with E-state index in [0.717, 1.165) is 51.4 Å². The van der Waals surface area contributed by atoms with Crippen LogP contribution < -0.4 is 0 Å². The summed E-state index contributed by atoms with van der Waals surface area (Å²) in [4.78, 5) is 24.2. The smallest absolute Gasteiger partial charge is 0.306 e. The van der Waals surface area contributed by atoms with E-state index in [0.29, 0.717) is 19.3 Å². The van der Waals surface area contributed by atoms with Gasteiger partial charge in [-0.2, -0.15) is 0 Å². The van der Waals surface area contributed by atoms with Crippen LogP contribution in [-0.2, 0) is 19.1 Å². The van der Waals surface area contributed by atoms with Gasteiger partial charge in [-0.3, -0.25) is 9.59 Å². The van der Waals surface area contributed by atoms with Gasteiger partial charge in [0.15, 0.2) is 6.10 Å². The molecule has 0 heterocycles. The monoisotopic (exact) mass is 641 g/mol. The lowest BCUT2D eigenvalue weighted by Crippen LogP contribution is -2.28. The molecule has 5 nitrogen and oxygen atoms in total. The van der Waals surface area contributed by atoms with Gasteiger partial charge in [0.25, 0.3) is 0 Å². The quantitative estimate of drug-likeness (QED) is 0.0450. The largest absolute Gasteiger partial charge is 0.462 e. The number of hydrogen-bond acceptors (Lipinski definition) is 5. The number of esters is 2. The van der Waals surface area contributed by atoms with Gasteiger partial charge in [0, 0.05) is 12.8 Å². The molecular weight excluding hydrogens is 572 g/mol. The van der Waals surface area contributed by atoms with Crippen LogP contribution in [0.15, 0.2) is 72.9 Å². The number of rotatable bonds is 32. The SMILES string of the molecule is CCCCCC=CCC=CCC=CCCCCC(=O)OC(CO)COC(=O)CCCC=CCC=CCC=CCCCCCCCC. The van der Waals surface area contributed by atoms with Gasteiger partial charge < -0.3 is 14.6 Å². The van der Waals surface area contributed by atoms with Crippen LogP contribution in [0.5, 0.6) is 0 Å². The van der Waals surface area contributed by atoms with E-state index in [1.54, 1.807) is 0 Å². The topological polar surface area (TPSA) is 72.8 Å². The number of hydrogen-bond donors (Lipinski definition) is 1. The number of aliphatic hydroxyl groups is 1. The normalized spacial score (nSPS) is 13.0. The Kier molecular flexibility index (Phi) is 34.7. The van der Waals surface area contributed by atoms with E-state index in [4.69, 9.17) is 9.47 Å². The molecule has 0 fully saturated rings. The number of allylic oxidation sites excluding steroid dienone is 12. The van der Waals surface area contributed by atoms with E-state index in [2.05, 4.69) is 86.8 Å². The van der Waals surface area contributed by atoms with Gasteiger partial charge >= 0.3 is 11.9 Å². The molecule has 0 bridgehead atoms. The Morgan fingerprint density at radius 3 is 1.41 bits per heavy atom. The Morgan fingerprint density at radius 2 is 0.891 bits per heavy atom. The minimum atomic E-state index is -0.814. The van der Waals surface area contributed by atoms with Crippen molar-refractivity contribution in [2.45, 2.75) is 161 Å². The van der Waals surface area contributed by atoms with Gasteiger partial charge in [0.2, 0.25) is 0 Å². The third kappa shape index (κ3) is 34.2. The molecule has 0 rings (SSSR count).